The molecule has 0 saturated carbocycles. The molecule has 0 bridgehead atoms. The molecule has 0 aliphatic carbocycles. The van der Waals surface area contributed by atoms with Gasteiger partial charge in [0.2, 0.25) is 5.91 Å². The molecule has 1 heterocycles. The molecule has 1 amide bonds. The van der Waals surface area contributed by atoms with E-state index in [9.17, 15) is 4.79 Å². The summed E-state index contributed by atoms with van der Waals surface area (Å²) in [6.07, 6.45) is 2.19. The fourth-order valence-electron chi connectivity index (χ4n) is 2.44. The molecular formula is C15H19N3O. The third-order valence-electron chi connectivity index (χ3n) is 3.68. The first kappa shape index (κ1) is 13.6. The molecule has 4 heteroatoms. The van der Waals surface area contributed by atoms with Gasteiger partial charge in [0, 0.05) is 5.69 Å². The lowest BCUT2D eigenvalue weighted by Gasteiger charge is -2.29. The smallest absolute Gasteiger partial charge is 0.241 e. The molecule has 1 aliphatic rings. The third kappa shape index (κ3) is 3.12. The van der Waals surface area contributed by atoms with Gasteiger partial charge >= 0.3 is 0 Å². The van der Waals surface area contributed by atoms with Crippen molar-refractivity contribution in [2.45, 2.75) is 32.7 Å². The SMILES string of the molecule is Cc1ccc(C#N)cc1NC(=O)C1NCCCC1C. The summed E-state index contributed by atoms with van der Waals surface area (Å²) in [5.41, 5.74) is 2.25. The van der Waals surface area contributed by atoms with Crippen molar-refractivity contribution >= 4 is 11.6 Å². The number of carbonyl (C=O) groups excluding carboxylic acids is 1. The lowest BCUT2D eigenvalue weighted by molar-refractivity contribution is -0.119. The van der Waals surface area contributed by atoms with Gasteiger partial charge < -0.3 is 10.6 Å². The summed E-state index contributed by atoms with van der Waals surface area (Å²) in [7, 11) is 0. The molecule has 0 radical (unpaired) electrons. The minimum Gasteiger partial charge on any atom is -0.324 e. The van der Waals surface area contributed by atoms with Gasteiger partial charge in [0.15, 0.2) is 0 Å². The number of nitrogens with one attached hydrogen (secondary N) is 2. The Labute approximate surface area is 113 Å². The second-order valence-corrected chi connectivity index (χ2v) is 5.18. The Hall–Kier alpha value is -1.86. The molecule has 100 valence electrons. The van der Waals surface area contributed by atoms with E-state index >= 15 is 0 Å². The van der Waals surface area contributed by atoms with E-state index in [-0.39, 0.29) is 11.9 Å². The predicted octanol–water partition coefficient (Wildman–Crippen LogP) is 2.19. The summed E-state index contributed by atoms with van der Waals surface area (Å²) in [6.45, 7) is 4.91. The highest BCUT2D eigenvalue weighted by molar-refractivity contribution is 5.95. The Bertz CT molecular complexity index is 519. The largest absolute Gasteiger partial charge is 0.324 e. The normalized spacial score (nSPS) is 22.6. The number of amides is 1. The highest BCUT2D eigenvalue weighted by Crippen LogP contribution is 2.20. The van der Waals surface area contributed by atoms with E-state index in [0.717, 1.165) is 30.6 Å². The van der Waals surface area contributed by atoms with Gasteiger partial charge in [-0.25, -0.2) is 0 Å². The number of nitrogens with zero attached hydrogens (tertiary/aromatic N) is 1. The first-order chi connectivity index (χ1) is 9.11. The maximum atomic E-state index is 12.3. The number of hydrogen-bond donors (Lipinski definition) is 2. The van der Waals surface area contributed by atoms with Crippen LogP contribution in [0.4, 0.5) is 5.69 Å². The summed E-state index contributed by atoms with van der Waals surface area (Å²) in [4.78, 5) is 12.3. The van der Waals surface area contributed by atoms with Crippen LogP contribution in [0.2, 0.25) is 0 Å². The van der Waals surface area contributed by atoms with Crippen molar-refractivity contribution in [3.05, 3.63) is 29.3 Å². The van der Waals surface area contributed by atoms with Gasteiger partial charge in [-0.3, -0.25) is 4.79 Å². The minimum atomic E-state index is -0.140. The van der Waals surface area contributed by atoms with E-state index in [1.165, 1.54) is 0 Å². The van der Waals surface area contributed by atoms with Crippen LogP contribution in [0.5, 0.6) is 0 Å². The third-order valence-corrected chi connectivity index (χ3v) is 3.68. The molecular weight excluding hydrogens is 238 g/mol. The van der Waals surface area contributed by atoms with Crippen molar-refractivity contribution in [3.8, 4) is 6.07 Å². The highest BCUT2D eigenvalue weighted by Gasteiger charge is 2.27. The molecule has 19 heavy (non-hydrogen) atoms. The van der Waals surface area contributed by atoms with Gasteiger partial charge in [-0.1, -0.05) is 13.0 Å². The zero-order valence-corrected chi connectivity index (χ0v) is 11.4. The average Bonchev–Trinajstić information content (AvgIpc) is 2.41. The maximum absolute atomic E-state index is 12.3. The maximum Gasteiger partial charge on any atom is 0.241 e. The zero-order valence-electron chi connectivity index (χ0n) is 11.4. The molecule has 2 N–H and O–H groups in total. The van der Waals surface area contributed by atoms with E-state index in [1.54, 1.807) is 12.1 Å². The summed E-state index contributed by atoms with van der Waals surface area (Å²) in [6, 6.07) is 7.28. The molecule has 0 aromatic heterocycles. The molecule has 1 aromatic carbocycles. The quantitative estimate of drug-likeness (QED) is 0.853. The Balaban J connectivity index is 2.12. The van der Waals surface area contributed by atoms with Crippen LogP contribution >= 0.6 is 0 Å². The molecule has 1 saturated heterocycles. The standard InChI is InChI=1S/C15H19N3O/c1-10-5-6-12(9-16)8-13(10)18-15(19)14-11(2)4-3-7-17-14/h5-6,8,11,14,17H,3-4,7H2,1-2H3,(H,18,19). The molecule has 4 nitrogen and oxygen atoms in total. The number of nitriles is 1. The number of hydrogen-bond acceptors (Lipinski definition) is 3. The Kier molecular flexibility index (Phi) is 4.18. The Morgan fingerprint density at radius 1 is 1.53 bits per heavy atom. The van der Waals surface area contributed by atoms with Gasteiger partial charge in [-0.2, -0.15) is 5.26 Å². The fourth-order valence-corrected chi connectivity index (χ4v) is 2.44. The minimum absolute atomic E-state index is 0.00890. The van der Waals surface area contributed by atoms with E-state index in [1.807, 2.05) is 13.0 Å². The molecule has 2 atom stereocenters. The van der Waals surface area contributed by atoms with Crippen molar-refractivity contribution in [2.24, 2.45) is 5.92 Å². The number of carbonyl (C=O) groups is 1. The monoisotopic (exact) mass is 257 g/mol. The van der Waals surface area contributed by atoms with E-state index in [2.05, 4.69) is 23.6 Å². The van der Waals surface area contributed by atoms with Crippen LogP contribution in [0.15, 0.2) is 18.2 Å². The predicted molar refractivity (Wildman–Crippen MR) is 74.7 cm³/mol. The average molecular weight is 257 g/mol. The van der Waals surface area contributed by atoms with Crippen LogP contribution in [0.1, 0.15) is 30.9 Å². The van der Waals surface area contributed by atoms with Crippen LogP contribution in [0.25, 0.3) is 0 Å². The lowest BCUT2D eigenvalue weighted by Crippen LogP contribution is -2.48. The van der Waals surface area contributed by atoms with Crippen LogP contribution in [0, 0.1) is 24.2 Å². The van der Waals surface area contributed by atoms with Crippen molar-refractivity contribution in [1.29, 1.82) is 5.26 Å². The molecule has 1 aliphatic heterocycles. The highest BCUT2D eigenvalue weighted by atomic mass is 16.2. The fraction of sp³-hybridized carbons (Fsp3) is 0.467. The number of rotatable bonds is 2. The van der Waals surface area contributed by atoms with Crippen molar-refractivity contribution in [2.75, 3.05) is 11.9 Å². The van der Waals surface area contributed by atoms with Crippen LogP contribution in [0.3, 0.4) is 0 Å². The molecule has 1 fully saturated rings. The van der Waals surface area contributed by atoms with E-state index < -0.39 is 0 Å². The van der Waals surface area contributed by atoms with Gasteiger partial charge in [0.1, 0.15) is 0 Å². The van der Waals surface area contributed by atoms with Crippen LogP contribution in [-0.4, -0.2) is 18.5 Å². The van der Waals surface area contributed by atoms with Crippen molar-refractivity contribution < 1.29 is 4.79 Å². The molecule has 2 rings (SSSR count). The Morgan fingerprint density at radius 2 is 2.32 bits per heavy atom. The topological polar surface area (TPSA) is 64.9 Å². The number of aryl methyl sites for hydroxylation is 1. The molecule has 1 aromatic rings. The summed E-state index contributed by atoms with van der Waals surface area (Å²) in [5.74, 6) is 0.332. The summed E-state index contributed by atoms with van der Waals surface area (Å²) in [5, 5.41) is 15.1. The number of anilines is 1. The van der Waals surface area contributed by atoms with Crippen molar-refractivity contribution in [1.82, 2.24) is 5.32 Å². The van der Waals surface area contributed by atoms with Gasteiger partial charge in [-0.05, 0) is 49.9 Å². The number of piperidine rings is 1. The second-order valence-electron chi connectivity index (χ2n) is 5.18. The number of benzene rings is 1. The first-order valence-corrected chi connectivity index (χ1v) is 6.67. The van der Waals surface area contributed by atoms with Gasteiger partial charge in [-0.15, -0.1) is 0 Å². The van der Waals surface area contributed by atoms with E-state index in [0.29, 0.717) is 11.5 Å². The second kappa shape index (κ2) is 5.85. The van der Waals surface area contributed by atoms with Crippen LogP contribution in [-0.2, 0) is 4.79 Å². The van der Waals surface area contributed by atoms with Crippen molar-refractivity contribution in [3.63, 3.8) is 0 Å². The summed E-state index contributed by atoms with van der Waals surface area (Å²) < 4.78 is 0. The lowest BCUT2D eigenvalue weighted by atomic mass is 9.92. The van der Waals surface area contributed by atoms with E-state index in [4.69, 9.17) is 5.26 Å². The first-order valence-electron chi connectivity index (χ1n) is 6.67. The summed E-state index contributed by atoms with van der Waals surface area (Å²) >= 11 is 0. The molecule has 2 unspecified atom stereocenters. The Morgan fingerprint density at radius 3 is 3.00 bits per heavy atom. The van der Waals surface area contributed by atoms with Gasteiger partial charge in [0.05, 0.1) is 17.7 Å². The van der Waals surface area contributed by atoms with Crippen LogP contribution < -0.4 is 10.6 Å². The molecule has 0 spiro atoms. The zero-order chi connectivity index (χ0) is 13.8. The van der Waals surface area contributed by atoms with Gasteiger partial charge in [0.25, 0.3) is 0 Å².